The van der Waals surface area contributed by atoms with Crippen LogP contribution < -0.4 is 10.5 Å². The predicted octanol–water partition coefficient (Wildman–Crippen LogP) is 3.40. The van der Waals surface area contributed by atoms with E-state index in [1.54, 1.807) is 7.11 Å². The molecule has 138 valence electrons. The summed E-state index contributed by atoms with van der Waals surface area (Å²) in [7, 11) is 1.70. The standard InChI is InChI=1S/C21H32N2O2/c1-15-7-8-16(13-17(15)25-4)21(10-5-6-11-21)19(24)23-12-9-18(22)20(2,3)14-23/h7-8,13,18H,5-6,9-12,14,22H2,1-4H3. The van der Waals surface area contributed by atoms with E-state index in [1.165, 1.54) is 0 Å². The van der Waals surface area contributed by atoms with E-state index in [-0.39, 0.29) is 17.4 Å². The van der Waals surface area contributed by atoms with Gasteiger partial charge in [0.1, 0.15) is 5.75 Å². The maximum absolute atomic E-state index is 13.6. The molecule has 1 aromatic rings. The Morgan fingerprint density at radius 1 is 1.28 bits per heavy atom. The maximum atomic E-state index is 13.6. The summed E-state index contributed by atoms with van der Waals surface area (Å²) in [5, 5.41) is 0. The fourth-order valence-electron chi connectivity index (χ4n) is 4.57. The highest BCUT2D eigenvalue weighted by Crippen LogP contribution is 2.45. The van der Waals surface area contributed by atoms with Crippen LogP contribution in [0.3, 0.4) is 0 Å². The largest absolute Gasteiger partial charge is 0.496 e. The molecule has 0 aromatic heterocycles. The zero-order valence-corrected chi connectivity index (χ0v) is 16.1. The van der Waals surface area contributed by atoms with Crippen molar-refractivity contribution in [3.8, 4) is 5.75 Å². The molecule has 0 spiro atoms. The van der Waals surface area contributed by atoms with E-state index in [4.69, 9.17) is 10.5 Å². The Morgan fingerprint density at radius 3 is 2.56 bits per heavy atom. The number of nitrogens with zero attached hydrogens (tertiary/aromatic N) is 1. The van der Waals surface area contributed by atoms with Crippen LogP contribution in [-0.4, -0.2) is 37.0 Å². The third-order valence-electron chi connectivity index (χ3n) is 6.43. The van der Waals surface area contributed by atoms with Gasteiger partial charge in [0.15, 0.2) is 0 Å². The number of carbonyl (C=O) groups excluding carboxylic acids is 1. The van der Waals surface area contributed by atoms with Crippen molar-refractivity contribution < 1.29 is 9.53 Å². The quantitative estimate of drug-likeness (QED) is 0.914. The first kappa shape index (κ1) is 18.2. The van der Waals surface area contributed by atoms with Gasteiger partial charge in [0.2, 0.25) is 5.91 Å². The molecule has 3 rings (SSSR count). The van der Waals surface area contributed by atoms with Gasteiger partial charge in [-0.15, -0.1) is 0 Å². The van der Waals surface area contributed by atoms with Gasteiger partial charge in [-0.2, -0.15) is 0 Å². The molecule has 1 aliphatic heterocycles. The minimum absolute atomic E-state index is 0.0291. The smallest absolute Gasteiger partial charge is 0.233 e. The lowest BCUT2D eigenvalue weighted by molar-refractivity contribution is -0.141. The lowest BCUT2D eigenvalue weighted by atomic mass is 9.74. The molecule has 2 N–H and O–H groups in total. The van der Waals surface area contributed by atoms with Gasteiger partial charge in [-0.1, -0.05) is 38.8 Å². The number of benzene rings is 1. The summed E-state index contributed by atoms with van der Waals surface area (Å²) in [6.07, 6.45) is 4.96. The van der Waals surface area contributed by atoms with Crippen molar-refractivity contribution >= 4 is 5.91 Å². The monoisotopic (exact) mass is 344 g/mol. The molecule has 2 aliphatic rings. The molecular formula is C21H32N2O2. The van der Waals surface area contributed by atoms with Gasteiger partial charge >= 0.3 is 0 Å². The van der Waals surface area contributed by atoms with Gasteiger partial charge in [-0.25, -0.2) is 0 Å². The summed E-state index contributed by atoms with van der Waals surface area (Å²) in [6.45, 7) is 7.91. The molecule has 1 amide bonds. The summed E-state index contributed by atoms with van der Waals surface area (Å²) < 4.78 is 5.52. The highest BCUT2D eigenvalue weighted by atomic mass is 16.5. The molecule has 4 nitrogen and oxygen atoms in total. The number of carbonyl (C=O) groups is 1. The van der Waals surface area contributed by atoms with E-state index < -0.39 is 5.41 Å². The second kappa shape index (κ2) is 6.64. The lowest BCUT2D eigenvalue weighted by Crippen LogP contribution is -2.57. The molecule has 2 fully saturated rings. The van der Waals surface area contributed by atoms with E-state index in [1.807, 2.05) is 6.92 Å². The Balaban J connectivity index is 1.94. The number of rotatable bonds is 3. The second-order valence-corrected chi connectivity index (χ2v) is 8.58. The molecule has 1 saturated heterocycles. The zero-order chi connectivity index (χ0) is 18.2. The predicted molar refractivity (Wildman–Crippen MR) is 101 cm³/mol. The number of hydrogen-bond acceptors (Lipinski definition) is 3. The summed E-state index contributed by atoms with van der Waals surface area (Å²) in [5.74, 6) is 1.16. The minimum atomic E-state index is -0.390. The van der Waals surface area contributed by atoms with Gasteiger partial charge in [-0.05, 0) is 48.8 Å². The molecular weight excluding hydrogens is 312 g/mol. The van der Waals surface area contributed by atoms with E-state index in [0.29, 0.717) is 0 Å². The van der Waals surface area contributed by atoms with E-state index in [0.717, 1.165) is 62.1 Å². The molecule has 4 heteroatoms. The van der Waals surface area contributed by atoms with Crippen LogP contribution in [0.4, 0.5) is 0 Å². The molecule has 1 unspecified atom stereocenters. The number of ether oxygens (including phenoxy) is 1. The highest BCUT2D eigenvalue weighted by Gasteiger charge is 2.47. The molecule has 1 aliphatic carbocycles. The molecule has 1 saturated carbocycles. The van der Waals surface area contributed by atoms with Crippen molar-refractivity contribution in [1.29, 1.82) is 0 Å². The van der Waals surface area contributed by atoms with Crippen LogP contribution in [0.25, 0.3) is 0 Å². The Bertz CT molecular complexity index is 647. The van der Waals surface area contributed by atoms with Gasteiger partial charge in [0.25, 0.3) is 0 Å². The van der Waals surface area contributed by atoms with Crippen molar-refractivity contribution in [2.75, 3.05) is 20.2 Å². The average Bonchev–Trinajstić information content (AvgIpc) is 3.08. The van der Waals surface area contributed by atoms with Gasteiger partial charge in [-0.3, -0.25) is 4.79 Å². The topological polar surface area (TPSA) is 55.6 Å². The Kier molecular flexibility index (Phi) is 4.84. The van der Waals surface area contributed by atoms with Crippen LogP contribution in [0.5, 0.6) is 5.75 Å². The minimum Gasteiger partial charge on any atom is -0.496 e. The fourth-order valence-corrected chi connectivity index (χ4v) is 4.57. The first-order chi connectivity index (χ1) is 11.8. The number of piperidine rings is 1. The first-order valence-electron chi connectivity index (χ1n) is 9.50. The summed E-state index contributed by atoms with van der Waals surface area (Å²) in [6, 6.07) is 6.45. The number of nitrogens with two attached hydrogens (primary N) is 1. The van der Waals surface area contributed by atoms with E-state index in [9.17, 15) is 4.79 Å². The fraction of sp³-hybridized carbons (Fsp3) is 0.667. The van der Waals surface area contributed by atoms with Crippen molar-refractivity contribution in [1.82, 2.24) is 4.90 Å². The lowest BCUT2D eigenvalue weighted by Gasteiger charge is -2.45. The number of hydrogen-bond donors (Lipinski definition) is 1. The summed E-state index contributed by atoms with van der Waals surface area (Å²) >= 11 is 0. The third kappa shape index (κ3) is 3.17. The second-order valence-electron chi connectivity index (χ2n) is 8.58. The van der Waals surface area contributed by atoms with Gasteiger partial charge in [0.05, 0.1) is 12.5 Å². The van der Waals surface area contributed by atoms with Crippen LogP contribution in [0, 0.1) is 12.3 Å². The number of aryl methyl sites for hydroxylation is 1. The third-order valence-corrected chi connectivity index (χ3v) is 6.43. The van der Waals surface area contributed by atoms with Crippen molar-refractivity contribution in [3.05, 3.63) is 29.3 Å². The Labute approximate surface area is 151 Å². The number of methoxy groups -OCH3 is 1. The molecule has 1 aromatic carbocycles. The van der Waals surface area contributed by atoms with E-state index in [2.05, 4.69) is 36.9 Å². The van der Waals surface area contributed by atoms with Crippen LogP contribution in [0.15, 0.2) is 18.2 Å². The molecule has 25 heavy (non-hydrogen) atoms. The van der Waals surface area contributed by atoms with Crippen LogP contribution in [0.2, 0.25) is 0 Å². The van der Waals surface area contributed by atoms with Crippen molar-refractivity contribution in [2.45, 2.75) is 64.3 Å². The zero-order valence-electron chi connectivity index (χ0n) is 16.1. The number of amides is 1. The van der Waals surface area contributed by atoms with Crippen LogP contribution in [0.1, 0.15) is 57.1 Å². The van der Waals surface area contributed by atoms with Crippen LogP contribution in [-0.2, 0) is 10.2 Å². The molecule has 0 radical (unpaired) electrons. The van der Waals surface area contributed by atoms with E-state index >= 15 is 0 Å². The highest BCUT2D eigenvalue weighted by molar-refractivity contribution is 5.89. The Hall–Kier alpha value is -1.55. The number of likely N-dealkylation sites (tertiary alicyclic amines) is 1. The maximum Gasteiger partial charge on any atom is 0.233 e. The average molecular weight is 344 g/mol. The summed E-state index contributed by atoms with van der Waals surface area (Å²) in [4.78, 5) is 15.7. The van der Waals surface area contributed by atoms with Crippen molar-refractivity contribution in [3.63, 3.8) is 0 Å². The SMILES string of the molecule is COc1cc(C2(C(=O)N3CCC(N)C(C)(C)C3)CCCC2)ccc1C. The first-order valence-corrected chi connectivity index (χ1v) is 9.50. The van der Waals surface area contributed by atoms with Gasteiger partial charge < -0.3 is 15.4 Å². The molecule has 1 heterocycles. The Morgan fingerprint density at radius 2 is 1.96 bits per heavy atom. The summed E-state index contributed by atoms with van der Waals surface area (Å²) in [5.41, 5.74) is 8.08. The van der Waals surface area contributed by atoms with Crippen LogP contribution >= 0.6 is 0 Å². The molecule has 1 atom stereocenters. The molecule has 0 bridgehead atoms. The van der Waals surface area contributed by atoms with Gasteiger partial charge in [0, 0.05) is 19.1 Å². The van der Waals surface area contributed by atoms with Crippen molar-refractivity contribution in [2.24, 2.45) is 11.1 Å². The normalized spacial score (nSPS) is 25.0.